The van der Waals surface area contributed by atoms with Crippen molar-refractivity contribution in [3.63, 3.8) is 0 Å². The second-order valence-electron chi connectivity index (χ2n) is 5.39. The lowest BCUT2D eigenvalue weighted by atomic mass is 9.77. The second-order valence-corrected chi connectivity index (χ2v) is 7.86. The van der Waals surface area contributed by atoms with Gasteiger partial charge < -0.3 is 9.84 Å². The molecule has 1 saturated carbocycles. The topological polar surface area (TPSA) is 63.6 Å². The molecule has 2 fully saturated rings. The van der Waals surface area contributed by atoms with Gasteiger partial charge in [0.15, 0.2) is 0 Å². The summed E-state index contributed by atoms with van der Waals surface area (Å²) in [5.41, 5.74) is -0.302. The zero-order valence-corrected chi connectivity index (χ0v) is 11.2. The van der Waals surface area contributed by atoms with Gasteiger partial charge in [-0.2, -0.15) is 0 Å². The Kier molecular flexibility index (Phi) is 3.80. The van der Waals surface area contributed by atoms with Gasteiger partial charge in [0.1, 0.15) is 9.84 Å². The van der Waals surface area contributed by atoms with Crippen LogP contribution in [0.25, 0.3) is 0 Å². The van der Waals surface area contributed by atoms with Gasteiger partial charge in [-0.15, -0.1) is 0 Å². The van der Waals surface area contributed by atoms with Gasteiger partial charge in [-0.05, 0) is 31.6 Å². The molecule has 2 aliphatic rings. The van der Waals surface area contributed by atoms with Crippen LogP contribution in [0.1, 0.15) is 32.6 Å². The van der Waals surface area contributed by atoms with Crippen molar-refractivity contribution >= 4 is 9.84 Å². The van der Waals surface area contributed by atoms with E-state index in [1.165, 1.54) is 0 Å². The summed E-state index contributed by atoms with van der Waals surface area (Å²) in [7, 11) is -2.95. The van der Waals surface area contributed by atoms with Crippen LogP contribution in [0.3, 0.4) is 0 Å². The molecule has 5 heteroatoms. The highest BCUT2D eigenvalue weighted by Crippen LogP contribution is 2.49. The van der Waals surface area contributed by atoms with Crippen LogP contribution in [0.15, 0.2) is 0 Å². The first-order chi connectivity index (χ1) is 8.03. The fourth-order valence-corrected chi connectivity index (χ4v) is 3.77. The lowest BCUT2D eigenvalue weighted by molar-refractivity contribution is -0.00115. The van der Waals surface area contributed by atoms with Crippen molar-refractivity contribution in [1.82, 2.24) is 0 Å². The molecule has 1 saturated heterocycles. The number of hydrogen-bond donors (Lipinski definition) is 1. The van der Waals surface area contributed by atoms with Crippen molar-refractivity contribution < 1.29 is 18.3 Å². The molecule has 1 heterocycles. The van der Waals surface area contributed by atoms with Crippen LogP contribution in [0.4, 0.5) is 0 Å². The van der Waals surface area contributed by atoms with Crippen LogP contribution >= 0.6 is 0 Å². The molecule has 1 N–H and O–H groups in total. The number of aliphatic hydroxyl groups is 1. The van der Waals surface area contributed by atoms with Gasteiger partial charge >= 0.3 is 0 Å². The van der Waals surface area contributed by atoms with E-state index in [1.807, 2.05) is 0 Å². The molecular weight excluding hydrogens is 240 g/mol. The normalized spacial score (nSPS) is 34.1. The van der Waals surface area contributed by atoms with Crippen LogP contribution in [0.2, 0.25) is 0 Å². The third-order valence-electron chi connectivity index (χ3n) is 4.22. The molecule has 2 atom stereocenters. The summed E-state index contributed by atoms with van der Waals surface area (Å²) in [5.74, 6) is 0.911. The first-order valence-corrected chi connectivity index (χ1v) is 8.28. The van der Waals surface area contributed by atoms with Crippen LogP contribution in [0.5, 0.6) is 0 Å². The number of sulfone groups is 1. The number of rotatable bonds is 6. The minimum absolute atomic E-state index is 0.0490. The molecule has 2 unspecified atom stereocenters. The Hall–Kier alpha value is -0.130. The van der Waals surface area contributed by atoms with E-state index in [0.29, 0.717) is 18.9 Å². The summed E-state index contributed by atoms with van der Waals surface area (Å²) < 4.78 is 28.9. The molecule has 0 aromatic rings. The minimum Gasteiger partial charge on any atom is -0.396 e. The summed E-state index contributed by atoms with van der Waals surface area (Å²) in [6, 6.07) is 0. The molecule has 1 aliphatic heterocycles. The van der Waals surface area contributed by atoms with Gasteiger partial charge in [0.2, 0.25) is 0 Å². The van der Waals surface area contributed by atoms with E-state index in [0.717, 1.165) is 19.3 Å². The summed E-state index contributed by atoms with van der Waals surface area (Å²) in [4.78, 5) is 0. The summed E-state index contributed by atoms with van der Waals surface area (Å²) in [5, 5.41) is 9.66. The number of aliphatic hydroxyl groups excluding tert-OH is 1. The van der Waals surface area contributed by atoms with Crippen molar-refractivity contribution in [3.8, 4) is 0 Å². The Morgan fingerprint density at radius 2 is 2.12 bits per heavy atom. The standard InChI is InChI=1S/C12H22O4S/c1-2-17(14,15)8-6-12(9-13)5-7-16-11(12)10-3-4-10/h10-11,13H,2-9H2,1H3. The smallest absolute Gasteiger partial charge is 0.150 e. The van der Waals surface area contributed by atoms with Crippen molar-refractivity contribution in [2.24, 2.45) is 11.3 Å². The summed E-state index contributed by atoms with van der Waals surface area (Å²) >= 11 is 0. The fraction of sp³-hybridized carbons (Fsp3) is 1.00. The second kappa shape index (κ2) is 4.86. The summed E-state index contributed by atoms with van der Waals surface area (Å²) in [6.45, 7) is 2.38. The van der Waals surface area contributed by atoms with Gasteiger partial charge in [-0.3, -0.25) is 0 Å². The molecule has 0 aromatic heterocycles. The Morgan fingerprint density at radius 3 is 2.65 bits per heavy atom. The molecule has 0 aromatic carbocycles. The lowest BCUT2D eigenvalue weighted by Gasteiger charge is -2.32. The highest BCUT2D eigenvalue weighted by molar-refractivity contribution is 7.91. The van der Waals surface area contributed by atoms with E-state index < -0.39 is 9.84 Å². The van der Waals surface area contributed by atoms with Crippen LogP contribution in [-0.2, 0) is 14.6 Å². The first kappa shape index (κ1) is 13.3. The average molecular weight is 262 g/mol. The number of hydrogen-bond acceptors (Lipinski definition) is 4. The highest BCUT2D eigenvalue weighted by atomic mass is 32.2. The van der Waals surface area contributed by atoms with Crippen molar-refractivity contribution in [1.29, 1.82) is 0 Å². The first-order valence-electron chi connectivity index (χ1n) is 6.46. The zero-order valence-electron chi connectivity index (χ0n) is 10.4. The Balaban J connectivity index is 2.03. The number of ether oxygens (including phenoxy) is 1. The van der Waals surface area contributed by atoms with Gasteiger partial charge in [-0.1, -0.05) is 6.92 Å². The molecular formula is C12H22O4S. The summed E-state index contributed by atoms with van der Waals surface area (Å²) in [6.07, 6.45) is 3.74. The molecule has 1 aliphatic carbocycles. The van der Waals surface area contributed by atoms with Crippen LogP contribution in [0, 0.1) is 11.3 Å². The quantitative estimate of drug-likeness (QED) is 0.775. The van der Waals surface area contributed by atoms with E-state index in [1.54, 1.807) is 6.92 Å². The van der Waals surface area contributed by atoms with Gasteiger partial charge in [-0.25, -0.2) is 8.42 Å². The molecule has 0 amide bonds. The van der Waals surface area contributed by atoms with Gasteiger partial charge in [0, 0.05) is 17.8 Å². The zero-order chi connectivity index (χ0) is 12.5. The lowest BCUT2D eigenvalue weighted by Crippen LogP contribution is -2.38. The maximum Gasteiger partial charge on any atom is 0.150 e. The third-order valence-corrected chi connectivity index (χ3v) is 5.92. The van der Waals surface area contributed by atoms with Crippen molar-refractivity contribution in [2.45, 2.75) is 38.7 Å². The molecule has 0 bridgehead atoms. The molecule has 4 nitrogen and oxygen atoms in total. The Morgan fingerprint density at radius 1 is 1.41 bits per heavy atom. The molecule has 100 valence electrons. The Bertz CT molecular complexity index is 361. The van der Waals surface area contributed by atoms with Crippen LogP contribution in [-0.4, -0.2) is 44.3 Å². The molecule has 2 rings (SSSR count). The molecule has 0 radical (unpaired) electrons. The monoisotopic (exact) mass is 262 g/mol. The molecule has 17 heavy (non-hydrogen) atoms. The van der Waals surface area contributed by atoms with Crippen molar-refractivity contribution in [2.75, 3.05) is 24.7 Å². The van der Waals surface area contributed by atoms with E-state index >= 15 is 0 Å². The van der Waals surface area contributed by atoms with Gasteiger partial charge in [0.25, 0.3) is 0 Å². The SMILES string of the molecule is CCS(=O)(=O)CCC1(CO)CCOC1C1CC1. The Labute approximate surface area is 103 Å². The third kappa shape index (κ3) is 2.83. The molecule has 0 spiro atoms. The highest BCUT2D eigenvalue weighted by Gasteiger charge is 2.50. The predicted molar refractivity (Wildman–Crippen MR) is 65.5 cm³/mol. The maximum absolute atomic E-state index is 11.6. The van der Waals surface area contributed by atoms with E-state index in [-0.39, 0.29) is 29.6 Å². The fourth-order valence-electron chi connectivity index (χ4n) is 2.76. The largest absolute Gasteiger partial charge is 0.396 e. The maximum atomic E-state index is 11.6. The van der Waals surface area contributed by atoms with Crippen molar-refractivity contribution in [3.05, 3.63) is 0 Å². The van der Waals surface area contributed by atoms with Gasteiger partial charge in [0.05, 0.1) is 18.5 Å². The van der Waals surface area contributed by atoms with E-state index in [9.17, 15) is 13.5 Å². The predicted octanol–water partition coefficient (Wildman–Crippen LogP) is 0.989. The average Bonchev–Trinajstić information content (AvgIpc) is 3.08. The van der Waals surface area contributed by atoms with E-state index in [2.05, 4.69) is 0 Å². The minimum atomic E-state index is -2.95. The van der Waals surface area contributed by atoms with Crippen LogP contribution < -0.4 is 0 Å². The van der Waals surface area contributed by atoms with E-state index in [4.69, 9.17) is 4.74 Å².